The van der Waals surface area contributed by atoms with Gasteiger partial charge in [-0.05, 0) is 85.0 Å². The van der Waals surface area contributed by atoms with E-state index in [9.17, 15) is 5.11 Å². The number of phenolic OH excluding ortho intramolecular Hbond substituents is 1. The first-order chi connectivity index (χ1) is 11.6. The van der Waals surface area contributed by atoms with E-state index in [1.54, 1.807) is 7.11 Å². The van der Waals surface area contributed by atoms with Crippen LogP contribution < -0.4 is 0 Å². The molecule has 0 aliphatic heterocycles. The molecule has 1 aromatic rings. The zero-order chi connectivity index (χ0) is 16.7. The van der Waals surface area contributed by atoms with Crippen LogP contribution in [0.3, 0.4) is 0 Å². The van der Waals surface area contributed by atoms with Gasteiger partial charge in [-0.25, -0.2) is 0 Å². The lowest BCUT2D eigenvalue weighted by molar-refractivity contribution is -0.0739. The normalized spacial score (nSPS) is 37.6. The molecule has 0 bridgehead atoms. The maximum Gasteiger partial charge on any atom is 0.115 e. The summed E-state index contributed by atoms with van der Waals surface area (Å²) in [7, 11) is 1.74. The molecule has 0 spiro atoms. The van der Waals surface area contributed by atoms with Crippen molar-refractivity contribution >= 4 is 0 Å². The lowest BCUT2D eigenvalue weighted by Crippen LogP contribution is -2.44. The molecule has 5 atom stereocenters. The Kier molecular flexibility index (Phi) is 4.34. The molecule has 3 aliphatic carbocycles. The molecule has 5 unspecified atom stereocenters. The van der Waals surface area contributed by atoms with Crippen molar-refractivity contribution in [1.82, 2.24) is 0 Å². The summed E-state index contributed by atoms with van der Waals surface area (Å²) in [6.07, 6.45) is 7.83. The predicted octanol–water partition coefficient (Wildman–Crippen LogP) is 4.28. The Hall–Kier alpha value is -1.06. The van der Waals surface area contributed by atoms with Gasteiger partial charge in [0.2, 0.25) is 0 Å². The first-order valence-corrected chi connectivity index (χ1v) is 9.56. The van der Waals surface area contributed by atoms with E-state index in [0.717, 1.165) is 24.9 Å². The van der Waals surface area contributed by atoms with Crippen LogP contribution in [0.15, 0.2) is 18.2 Å². The van der Waals surface area contributed by atoms with Gasteiger partial charge in [-0.2, -0.15) is 0 Å². The monoisotopic (exact) mass is 330 g/mol. The minimum Gasteiger partial charge on any atom is -0.508 e. The summed E-state index contributed by atoms with van der Waals surface area (Å²) in [5, 5.41) is 9.79. The molecular weight excluding hydrogens is 300 g/mol. The number of ether oxygens (including phenoxy) is 2. The van der Waals surface area contributed by atoms with Gasteiger partial charge in [-0.3, -0.25) is 0 Å². The molecule has 1 N–H and O–H groups in total. The minimum absolute atomic E-state index is 0.337. The van der Waals surface area contributed by atoms with E-state index in [-0.39, 0.29) is 0 Å². The minimum atomic E-state index is 0.337. The lowest BCUT2D eigenvalue weighted by atomic mass is 9.55. The number of fused-ring (bicyclic) bond motifs is 5. The molecule has 0 aromatic heterocycles. The summed E-state index contributed by atoms with van der Waals surface area (Å²) in [5.74, 6) is 2.67. The smallest absolute Gasteiger partial charge is 0.115 e. The van der Waals surface area contributed by atoms with Crippen molar-refractivity contribution in [1.29, 1.82) is 0 Å². The topological polar surface area (TPSA) is 38.7 Å². The zero-order valence-electron chi connectivity index (χ0n) is 15.0. The number of benzene rings is 1. The van der Waals surface area contributed by atoms with Crippen molar-refractivity contribution in [2.24, 2.45) is 17.3 Å². The summed E-state index contributed by atoms with van der Waals surface area (Å²) in [6, 6.07) is 6.05. The Balaban J connectivity index is 1.54. The molecule has 2 saturated carbocycles. The number of aromatic hydroxyl groups is 1. The maximum absolute atomic E-state index is 9.79. The van der Waals surface area contributed by atoms with Crippen molar-refractivity contribution in [3.8, 4) is 5.75 Å². The van der Waals surface area contributed by atoms with Gasteiger partial charge in [0, 0.05) is 7.11 Å². The fourth-order valence-electron chi connectivity index (χ4n) is 6.07. The molecule has 3 heteroatoms. The van der Waals surface area contributed by atoms with Gasteiger partial charge in [-0.15, -0.1) is 0 Å². The largest absolute Gasteiger partial charge is 0.508 e. The quantitative estimate of drug-likeness (QED) is 0.838. The van der Waals surface area contributed by atoms with Crippen LogP contribution >= 0.6 is 0 Å². The molecule has 24 heavy (non-hydrogen) atoms. The summed E-state index contributed by atoms with van der Waals surface area (Å²) in [4.78, 5) is 0. The van der Waals surface area contributed by atoms with Gasteiger partial charge in [0.1, 0.15) is 5.75 Å². The third kappa shape index (κ3) is 2.57. The van der Waals surface area contributed by atoms with Crippen LogP contribution in [0, 0.1) is 17.3 Å². The van der Waals surface area contributed by atoms with Gasteiger partial charge in [-0.1, -0.05) is 13.0 Å². The fraction of sp³-hybridized carbons (Fsp3) is 0.714. The Labute approximate surface area is 145 Å². The summed E-state index contributed by atoms with van der Waals surface area (Å²) >= 11 is 0. The highest BCUT2D eigenvalue weighted by Gasteiger charge is 2.55. The highest BCUT2D eigenvalue weighted by molar-refractivity contribution is 5.40. The molecule has 2 fully saturated rings. The highest BCUT2D eigenvalue weighted by atomic mass is 16.5. The third-order valence-electron chi connectivity index (χ3n) is 7.23. The van der Waals surface area contributed by atoms with Crippen LogP contribution in [0.4, 0.5) is 0 Å². The van der Waals surface area contributed by atoms with Crippen LogP contribution in [0.5, 0.6) is 5.75 Å². The van der Waals surface area contributed by atoms with E-state index >= 15 is 0 Å². The number of hydrogen-bond acceptors (Lipinski definition) is 3. The Morgan fingerprint density at radius 3 is 2.88 bits per heavy atom. The Bertz CT molecular complexity index is 599. The van der Waals surface area contributed by atoms with Crippen LogP contribution in [0.25, 0.3) is 0 Å². The van der Waals surface area contributed by atoms with E-state index in [1.807, 2.05) is 12.1 Å². The number of methoxy groups -OCH3 is 1. The molecule has 0 radical (unpaired) electrons. The predicted molar refractivity (Wildman–Crippen MR) is 94.3 cm³/mol. The van der Waals surface area contributed by atoms with Gasteiger partial charge in [0.05, 0.1) is 19.3 Å². The second-order valence-corrected chi connectivity index (χ2v) is 8.27. The maximum atomic E-state index is 9.79. The van der Waals surface area contributed by atoms with E-state index in [1.165, 1.54) is 43.2 Å². The van der Waals surface area contributed by atoms with Gasteiger partial charge in [0.15, 0.2) is 0 Å². The number of hydrogen-bond donors (Lipinski definition) is 1. The van der Waals surface area contributed by atoms with E-state index in [4.69, 9.17) is 9.47 Å². The van der Waals surface area contributed by atoms with Crippen molar-refractivity contribution in [3.05, 3.63) is 29.3 Å². The average molecular weight is 330 g/mol. The molecule has 3 aliphatic rings. The van der Waals surface area contributed by atoms with E-state index < -0.39 is 0 Å². The highest BCUT2D eigenvalue weighted by Crippen LogP contribution is 2.61. The summed E-state index contributed by atoms with van der Waals surface area (Å²) in [5.41, 5.74) is 3.23. The van der Waals surface area contributed by atoms with Crippen molar-refractivity contribution < 1.29 is 14.6 Å². The molecule has 0 saturated heterocycles. The second-order valence-electron chi connectivity index (χ2n) is 8.27. The average Bonchev–Trinajstić information content (AvgIpc) is 2.91. The number of rotatable bonds is 4. The first-order valence-electron chi connectivity index (χ1n) is 9.56. The van der Waals surface area contributed by atoms with Crippen LogP contribution in [0.1, 0.15) is 56.1 Å². The molecule has 132 valence electrons. The van der Waals surface area contributed by atoms with E-state index in [2.05, 4.69) is 13.0 Å². The summed E-state index contributed by atoms with van der Waals surface area (Å²) in [6.45, 7) is 3.89. The van der Waals surface area contributed by atoms with Crippen LogP contribution in [-0.4, -0.2) is 31.5 Å². The van der Waals surface area contributed by atoms with Gasteiger partial charge in [0.25, 0.3) is 0 Å². The van der Waals surface area contributed by atoms with E-state index in [0.29, 0.717) is 29.8 Å². The number of phenols is 1. The Morgan fingerprint density at radius 1 is 1.17 bits per heavy atom. The molecule has 4 rings (SSSR count). The first kappa shape index (κ1) is 16.4. The zero-order valence-corrected chi connectivity index (χ0v) is 15.0. The Morgan fingerprint density at radius 2 is 2.04 bits per heavy atom. The summed E-state index contributed by atoms with van der Waals surface area (Å²) < 4.78 is 11.4. The SMILES string of the molecule is COCCOC1CCC2C3CCc4cc(O)ccc4C3CCC12C. The van der Waals surface area contributed by atoms with Crippen molar-refractivity contribution in [3.63, 3.8) is 0 Å². The molecule has 3 nitrogen and oxygen atoms in total. The van der Waals surface area contributed by atoms with Crippen LogP contribution in [0.2, 0.25) is 0 Å². The standard InChI is InChI=1S/C21H30O3/c1-21-10-9-17-16-6-4-15(22)13-14(16)3-5-18(17)19(21)7-8-20(21)24-12-11-23-2/h4,6,13,17-20,22H,3,5,7-12H2,1-2H3. The van der Waals surface area contributed by atoms with Crippen molar-refractivity contribution in [2.75, 3.05) is 20.3 Å². The molecule has 0 heterocycles. The second kappa shape index (κ2) is 6.34. The number of aryl methyl sites for hydroxylation is 1. The van der Waals surface area contributed by atoms with Gasteiger partial charge >= 0.3 is 0 Å². The molecular formula is C21H30O3. The molecule has 0 amide bonds. The van der Waals surface area contributed by atoms with Crippen molar-refractivity contribution in [2.45, 2.75) is 57.5 Å². The van der Waals surface area contributed by atoms with Gasteiger partial charge < -0.3 is 14.6 Å². The fourth-order valence-corrected chi connectivity index (χ4v) is 6.07. The third-order valence-corrected chi connectivity index (χ3v) is 7.23. The molecule has 1 aromatic carbocycles. The van der Waals surface area contributed by atoms with Crippen LogP contribution in [-0.2, 0) is 15.9 Å². The lowest BCUT2D eigenvalue weighted by Gasteiger charge is -2.50.